The molecule has 0 bridgehead atoms. The van der Waals surface area contributed by atoms with Crippen LogP contribution >= 0.6 is 12.4 Å². The van der Waals surface area contributed by atoms with E-state index in [-0.39, 0.29) is 24.2 Å². The molecule has 1 saturated heterocycles. The van der Waals surface area contributed by atoms with Crippen LogP contribution < -0.4 is 15.4 Å². The van der Waals surface area contributed by atoms with Crippen LogP contribution in [-0.2, 0) is 11.3 Å². The van der Waals surface area contributed by atoms with Crippen LogP contribution in [0.25, 0.3) is 0 Å². The molecule has 3 rings (SSSR count). The number of halogens is 1. The maximum atomic E-state index is 12.0. The van der Waals surface area contributed by atoms with Gasteiger partial charge in [0.15, 0.2) is 0 Å². The van der Waals surface area contributed by atoms with Gasteiger partial charge in [-0.1, -0.05) is 18.2 Å². The van der Waals surface area contributed by atoms with Crippen molar-refractivity contribution in [3.05, 3.63) is 29.8 Å². The first-order valence-electron chi connectivity index (χ1n) is 7.56. The Morgan fingerprint density at radius 2 is 2.10 bits per heavy atom. The van der Waals surface area contributed by atoms with E-state index in [1.165, 1.54) is 6.42 Å². The molecule has 1 amide bonds. The van der Waals surface area contributed by atoms with Gasteiger partial charge in [-0.2, -0.15) is 0 Å². The van der Waals surface area contributed by atoms with Crippen molar-refractivity contribution in [1.29, 1.82) is 0 Å². The summed E-state index contributed by atoms with van der Waals surface area (Å²) in [6.07, 6.45) is 4.86. The Morgan fingerprint density at radius 1 is 1.29 bits per heavy atom. The third-order valence-corrected chi connectivity index (χ3v) is 4.20. The van der Waals surface area contributed by atoms with Crippen LogP contribution in [0, 0.1) is 5.92 Å². The maximum Gasteiger partial charge on any atom is 0.224 e. The first-order chi connectivity index (χ1) is 9.83. The van der Waals surface area contributed by atoms with E-state index in [0.29, 0.717) is 12.6 Å². The fourth-order valence-electron chi connectivity index (χ4n) is 2.64. The molecule has 2 fully saturated rings. The molecular formula is C16H23ClN2O2. The zero-order chi connectivity index (χ0) is 13.8. The molecule has 5 heteroatoms. The fourth-order valence-corrected chi connectivity index (χ4v) is 2.64. The molecule has 4 nitrogen and oxygen atoms in total. The van der Waals surface area contributed by atoms with Gasteiger partial charge in [-0.05, 0) is 38.3 Å². The Bertz CT molecular complexity index is 471. The molecule has 21 heavy (non-hydrogen) atoms. The van der Waals surface area contributed by atoms with Crippen molar-refractivity contribution in [2.45, 2.75) is 38.3 Å². The predicted octanol–water partition coefficient (Wildman–Crippen LogP) is 2.27. The number of hydrogen-bond acceptors (Lipinski definition) is 3. The molecule has 116 valence electrons. The lowest BCUT2D eigenvalue weighted by Gasteiger charge is -2.27. The standard InChI is InChI=1S/C16H22N2O2.ClH/c19-16(13-8-9-17-10-13)18-11-12-4-1-2-7-15(12)20-14-5-3-6-14;/h1-2,4,7,13-14,17H,3,5-6,8-11H2,(H,18,19);1H. The van der Waals surface area contributed by atoms with Gasteiger partial charge < -0.3 is 15.4 Å². The summed E-state index contributed by atoms with van der Waals surface area (Å²) in [4.78, 5) is 12.0. The van der Waals surface area contributed by atoms with Gasteiger partial charge in [0.05, 0.1) is 12.0 Å². The minimum absolute atomic E-state index is 0. The summed E-state index contributed by atoms with van der Waals surface area (Å²) in [5.74, 6) is 1.19. The van der Waals surface area contributed by atoms with Gasteiger partial charge in [0.25, 0.3) is 0 Å². The highest BCUT2D eigenvalue weighted by atomic mass is 35.5. The van der Waals surface area contributed by atoms with Crippen LogP contribution in [0.5, 0.6) is 5.75 Å². The van der Waals surface area contributed by atoms with Gasteiger partial charge >= 0.3 is 0 Å². The number of benzene rings is 1. The third-order valence-electron chi connectivity index (χ3n) is 4.20. The SMILES string of the molecule is Cl.O=C(NCc1ccccc1OC1CCC1)C1CCNC1. The molecule has 1 heterocycles. The summed E-state index contributed by atoms with van der Waals surface area (Å²) in [6.45, 7) is 2.30. The molecule has 1 aliphatic heterocycles. The van der Waals surface area contributed by atoms with Gasteiger partial charge in [0.1, 0.15) is 5.75 Å². The van der Waals surface area contributed by atoms with Crippen molar-refractivity contribution >= 4 is 18.3 Å². The van der Waals surface area contributed by atoms with Crippen molar-refractivity contribution in [2.75, 3.05) is 13.1 Å². The Labute approximate surface area is 132 Å². The average Bonchev–Trinajstić information content (AvgIpc) is 2.95. The molecule has 2 aliphatic rings. The van der Waals surface area contributed by atoms with Gasteiger partial charge in [0.2, 0.25) is 5.91 Å². The zero-order valence-electron chi connectivity index (χ0n) is 12.1. The normalized spacial score (nSPS) is 21.2. The van der Waals surface area contributed by atoms with Crippen molar-refractivity contribution < 1.29 is 9.53 Å². The molecule has 1 aromatic carbocycles. The van der Waals surface area contributed by atoms with Crippen LogP contribution in [0.1, 0.15) is 31.2 Å². The average molecular weight is 311 g/mol. The van der Waals surface area contributed by atoms with E-state index in [9.17, 15) is 4.79 Å². The van der Waals surface area contributed by atoms with Crippen LogP contribution in [0.15, 0.2) is 24.3 Å². The molecule has 1 aromatic rings. The topological polar surface area (TPSA) is 50.4 Å². The molecule has 0 aromatic heterocycles. The summed E-state index contributed by atoms with van der Waals surface area (Å²) in [5.41, 5.74) is 1.07. The number of carbonyl (C=O) groups is 1. The minimum atomic E-state index is 0. The fraction of sp³-hybridized carbons (Fsp3) is 0.562. The van der Waals surface area contributed by atoms with Gasteiger partial charge in [0, 0.05) is 18.7 Å². The largest absolute Gasteiger partial charge is 0.490 e. The molecule has 0 radical (unpaired) electrons. The number of amides is 1. The van der Waals surface area contributed by atoms with Gasteiger partial charge in [-0.25, -0.2) is 0 Å². The van der Waals surface area contributed by atoms with Crippen molar-refractivity contribution in [1.82, 2.24) is 10.6 Å². The van der Waals surface area contributed by atoms with Crippen molar-refractivity contribution in [3.8, 4) is 5.75 Å². The second kappa shape index (κ2) is 7.66. The van der Waals surface area contributed by atoms with E-state index in [2.05, 4.69) is 10.6 Å². The van der Waals surface area contributed by atoms with E-state index in [1.54, 1.807) is 0 Å². The van der Waals surface area contributed by atoms with Gasteiger partial charge in [-0.15, -0.1) is 12.4 Å². The predicted molar refractivity (Wildman–Crippen MR) is 84.8 cm³/mol. The summed E-state index contributed by atoms with van der Waals surface area (Å²) in [7, 11) is 0. The summed E-state index contributed by atoms with van der Waals surface area (Å²) >= 11 is 0. The van der Waals surface area contributed by atoms with E-state index in [0.717, 1.165) is 43.7 Å². The van der Waals surface area contributed by atoms with E-state index < -0.39 is 0 Å². The maximum absolute atomic E-state index is 12.0. The van der Waals surface area contributed by atoms with Crippen LogP contribution in [0.3, 0.4) is 0 Å². The highest BCUT2D eigenvalue weighted by Gasteiger charge is 2.23. The lowest BCUT2D eigenvalue weighted by molar-refractivity contribution is -0.124. The second-order valence-corrected chi connectivity index (χ2v) is 5.69. The smallest absolute Gasteiger partial charge is 0.224 e. The van der Waals surface area contributed by atoms with E-state index in [1.807, 2.05) is 24.3 Å². The van der Waals surface area contributed by atoms with Crippen molar-refractivity contribution in [3.63, 3.8) is 0 Å². The molecule has 1 atom stereocenters. The first kappa shape index (κ1) is 16.1. The number of carbonyl (C=O) groups excluding carboxylic acids is 1. The quantitative estimate of drug-likeness (QED) is 0.877. The zero-order valence-corrected chi connectivity index (χ0v) is 13.0. The highest BCUT2D eigenvalue weighted by molar-refractivity contribution is 5.85. The molecule has 1 unspecified atom stereocenters. The molecule has 1 saturated carbocycles. The summed E-state index contributed by atoms with van der Waals surface area (Å²) in [5, 5.41) is 6.25. The Morgan fingerprint density at radius 3 is 2.76 bits per heavy atom. The molecule has 0 spiro atoms. The Hall–Kier alpha value is -1.26. The lowest BCUT2D eigenvalue weighted by atomic mass is 9.96. The Balaban J connectivity index is 0.00000161. The minimum Gasteiger partial charge on any atom is -0.490 e. The monoisotopic (exact) mass is 310 g/mol. The molecule has 2 N–H and O–H groups in total. The highest BCUT2D eigenvalue weighted by Crippen LogP contribution is 2.27. The number of rotatable bonds is 5. The lowest BCUT2D eigenvalue weighted by Crippen LogP contribution is -2.32. The number of para-hydroxylation sites is 1. The number of ether oxygens (including phenoxy) is 1. The number of nitrogens with one attached hydrogen (secondary N) is 2. The second-order valence-electron chi connectivity index (χ2n) is 5.69. The van der Waals surface area contributed by atoms with Crippen LogP contribution in [-0.4, -0.2) is 25.1 Å². The van der Waals surface area contributed by atoms with E-state index in [4.69, 9.17) is 4.74 Å². The first-order valence-corrected chi connectivity index (χ1v) is 7.56. The number of hydrogen-bond donors (Lipinski definition) is 2. The van der Waals surface area contributed by atoms with E-state index >= 15 is 0 Å². The summed E-state index contributed by atoms with van der Waals surface area (Å²) in [6, 6.07) is 8.00. The van der Waals surface area contributed by atoms with Crippen LogP contribution in [0.2, 0.25) is 0 Å². The van der Waals surface area contributed by atoms with Crippen molar-refractivity contribution in [2.24, 2.45) is 5.92 Å². The Kier molecular flexibility index (Phi) is 5.88. The van der Waals surface area contributed by atoms with Gasteiger partial charge in [-0.3, -0.25) is 4.79 Å². The van der Waals surface area contributed by atoms with Crippen LogP contribution in [0.4, 0.5) is 0 Å². The molecular weight excluding hydrogens is 288 g/mol. The third kappa shape index (κ3) is 4.11. The summed E-state index contributed by atoms with van der Waals surface area (Å²) < 4.78 is 5.98. The molecule has 1 aliphatic carbocycles.